The Kier molecular flexibility index (Phi) is 4.73. The van der Waals surface area contributed by atoms with Gasteiger partial charge in [-0.05, 0) is 33.2 Å². The van der Waals surface area contributed by atoms with Crippen molar-refractivity contribution in [3.63, 3.8) is 0 Å². The van der Waals surface area contributed by atoms with Crippen LogP contribution in [0, 0.1) is 6.92 Å². The molecule has 0 unspecified atom stereocenters. The van der Waals surface area contributed by atoms with E-state index in [1.54, 1.807) is 0 Å². The number of carbonyl (C=O) groups is 1. The number of nitrogens with zero attached hydrogens (tertiary/aromatic N) is 2. The van der Waals surface area contributed by atoms with Crippen LogP contribution in [-0.4, -0.2) is 31.6 Å². The van der Waals surface area contributed by atoms with Crippen molar-refractivity contribution in [1.82, 2.24) is 10.1 Å². The Morgan fingerprint density at radius 1 is 1.45 bits per heavy atom. The third kappa shape index (κ3) is 3.39. The summed E-state index contributed by atoms with van der Waals surface area (Å²) >= 11 is 8.99. The fourth-order valence-electron chi connectivity index (χ4n) is 1.52. The van der Waals surface area contributed by atoms with E-state index in [1.165, 1.54) is 13.0 Å². The van der Waals surface area contributed by atoms with Crippen LogP contribution >= 0.6 is 27.5 Å². The summed E-state index contributed by atoms with van der Waals surface area (Å²) < 4.78 is 36.2. The molecule has 0 atom stereocenters. The predicted octanol–water partition coefficient (Wildman–Crippen LogP) is 2.38. The Labute approximate surface area is 139 Å². The smallest absolute Gasteiger partial charge is 0.339 e. The Morgan fingerprint density at radius 2 is 2.14 bits per heavy atom. The fraction of sp³-hybridized carbons (Fsp3) is 0.182. The van der Waals surface area contributed by atoms with Gasteiger partial charge in [-0.15, -0.1) is 0 Å². The van der Waals surface area contributed by atoms with Crippen molar-refractivity contribution < 1.29 is 22.5 Å². The van der Waals surface area contributed by atoms with Crippen LogP contribution in [0.15, 0.2) is 26.0 Å². The predicted molar refractivity (Wildman–Crippen MR) is 80.3 cm³/mol. The van der Waals surface area contributed by atoms with Crippen LogP contribution in [0.3, 0.4) is 0 Å². The van der Waals surface area contributed by atoms with E-state index in [9.17, 15) is 13.2 Å². The zero-order chi connectivity index (χ0) is 16.5. The van der Waals surface area contributed by atoms with Crippen LogP contribution in [0.2, 0.25) is 5.02 Å². The van der Waals surface area contributed by atoms with E-state index >= 15 is 0 Å². The second-order valence-corrected chi connectivity index (χ2v) is 6.91. The van der Waals surface area contributed by atoms with Gasteiger partial charge in [0.05, 0.1) is 17.7 Å². The lowest BCUT2D eigenvalue weighted by Gasteiger charge is -2.09. The highest BCUT2D eigenvalue weighted by Gasteiger charge is 2.24. The summed E-state index contributed by atoms with van der Waals surface area (Å²) in [7, 11) is -2.90. The van der Waals surface area contributed by atoms with Gasteiger partial charge in [-0.3, -0.25) is 0 Å². The first kappa shape index (κ1) is 16.7. The first-order valence-corrected chi connectivity index (χ1v) is 8.30. The molecule has 0 bridgehead atoms. The van der Waals surface area contributed by atoms with Crippen molar-refractivity contribution in [3.8, 4) is 0 Å². The average Bonchev–Trinajstić information content (AvgIpc) is 2.82. The van der Waals surface area contributed by atoms with Crippen molar-refractivity contribution in [1.29, 1.82) is 0 Å². The van der Waals surface area contributed by atoms with Gasteiger partial charge in [0.15, 0.2) is 0 Å². The van der Waals surface area contributed by atoms with Gasteiger partial charge in [-0.2, -0.15) is 4.98 Å². The van der Waals surface area contributed by atoms with Crippen molar-refractivity contribution in [3.05, 3.63) is 33.1 Å². The molecule has 0 amide bonds. The van der Waals surface area contributed by atoms with Crippen molar-refractivity contribution in [2.45, 2.75) is 11.8 Å². The summed E-state index contributed by atoms with van der Waals surface area (Å²) in [4.78, 5) is 15.1. The molecule has 1 N–H and O–H groups in total. The number of anilines is 1. The molecule has 0 radical (unpaired) electrons. The van der Waals surface area contributed by atoms with E-state index in [4.69, 9.17) is 11.6 Å². The molecule has 1 aromatic heterocycles. The van der Waals surface area contributed by atoms with E-state index in [2.05, 4.69) is 40.1 Å². The number of sulfonamides is 1. The number of nitrogens with one attached hydrogen (secondary N) is 1. The molecular formula is C11H9BrClN3O5S. The highest BCUT2D eigenvalue weighted by Crippen LogP contribution is 2.30. The topological polar surface area (TPSA) is 111 Å². The Morgan fingerprint density at radius 3 is 2.68 bits per heavy atom. The number of carbonyl (C=O) groups excluding carboxylic acids is 1. The van der Waals surface area contributed by atoms with E-state index in [0.29, 0.717) is 0 Å². The summed E-state index contributed by atoms with van der Waals surface area (Å²) in [5.74, 6) is -0.786. The van der Waals surface area contributed by atoms with Gasteiger partial charge in [0.2, 0.25) is 5.89 Å². The number of aromatic nitrogens is 2. The van der Waals surface area contributed by atoms with Crippen LogP contribution in [0.25, 0.3) is 0 Å². The molecule has 11 heteroatoms. The Bertz CT molecular complexity index is 836. The number of ether oxygens (including phenoxy) is 1. The fourth-order valence-corrected chi connectivity index (χ4v) is 3.89. The maximum absolute atomic E-state index is 12.3. The Balaban J connectivity index is 2.48. The second kappa shape index (κ2) is 6.23. The number of hydrogen-bond donors (Lipinski definition) is 1. The standard InChI is InChI=1S/C11H9BrClN3O5S/c1-5-14-11(15-21-5)16-22(18,19)9-3-6(10(17)20-2)8(13)4-7(9)12/h3-4H,1-2H3,(H,15,16). The zero-order valence-electron chi connectivity index (χ0n) is 11.3. The first-order valence-electron chi connectivity index (χ1n) is 5.65. The minimum Gasteiger partial charge on any atom is -0.465 e. The first-order chi connectivity index (χ1) is 10.2. The van der Waals surface area contributed by atoms with Crippen LogP contribution in [0.5, 0.6) is 0 Å². The molecule has 1 heterocycles. The number of halogens is 2. The monoisotopic (exact) mass is 409 g/mol. The molecule has 22 heavy (non-hydrogen) atoms. The molecule has 118 valence electrons. The number of rotatable bonds is 4. The molecule has 0 aliphatic heterocycles. The number of esters is 1. The number of aryl methyl sites for hydroxylation is 1. The largest absolute Gasteiger partial charge is 0.465 e. The second-order valence-electron chi connectivity index (χ2n) is 4.00. The Hall–Kier alpha value is -1.65. The highest BCUT2D eigenvalue weighted by atomic mass is 79.9. The SMILES string of the molecule is COC(=O)c1cc(S(=O)(=O)Nc2noc(C)n2)c(Br)cc1Cl. The van der Waals surface area contributed by atoms with Crippen LogP contribution in [0.4, 0.5) is 5.95 Å². The van der Waals surface area contributed by atoms with Crippen LogP contribution in [0.1, 0.15) is 16.2 Å². The lowest BCUT2D eigenvalue weighted by Crippen LogP contribution is -2.16. The van der Waals surface area contributed by atoms with Gasteiger partial charge in [0.25, 0.3) is 16.0 Å². The molecule has 1 aromatic carbocycles. The molecule has 8 nitrogen and oxygen atoms in total. The molecule has 2 aromatic rings. The molecule has 2 rings (SSSR count). The minimum absolute atomic E-state index is 0.0491. The summed E-state index contributed by atoms with van der Waals surface area (Å²) in [5, 5.41) is 3.49. The van der Waals surface area contributed by atoms with Gasteiger partial charge in [-0.1, -0.05) is 11.6 Å². The normalized spacial score (nSPS) is 11.3. The maximum Gasteiger partial charge on any atom is 0.339 e. The van der Waals surface area contributed by atoms with Crippen molar-refractivity contribution in [2.75, 3.05) is 11.8 Å². The van der Waals surface area contributed by atoms with E-state index in [0.717, 1.165) is 13.2 Å². The van der Waals surface area contributed by atoms with E-state index < -0.39 is 16.0 Å². The highest BCUT2D eigenvalue weighted by molar-refractivity contribution is 9.10. The van der Waals surface area contributed by atoms with E-state index in [1.807, 2.05) is 0 Å². The number of benzene rings is 1. The van der Waals surface area contributed by atoms with Gasteiger partial charge < -0.3 is 9.26 Å². The number of methoxy groups -OCH3 is 1. The van der Waals surface area contributed by atoms with E-state index in [-0.39, 0.29) is 31.8 Å². The van der Waals surface area contributed by atoms with Gasteiger partial charge in [0, 0.05) is 11.4 Å². The summed E-state index contributed by atoms with van der Waals surface area (Å²) in [6.45, 7) is 1.51. The third-order valence-electron chi connectivity index (χ3n) is 2.47. The zero-order valence-corrected chi connectivity index (χ0v) is 14.4. The van der Waals surface area contributed by atoms with Crippen molar-refractivity contribution in [2.24, 2.45) is 0 Å². The summed E-state index contributed by atoms with van der Waals surface area (Å²) in [6, 6.07) is 2.37. The van der Waals surface area contributed by atoms with Crippen LogP contribution in [-0.2, 0) is 14.8 Å². The molecule has 0 aliphatic carbocycles. The molecule has 0 saturated carbocycles. The lowest BCUT2D eigenvalue weighted by atomic mass is 10.2. The third-order valence-corrected chi connectivity index (χ3v) is 5.07. The molecular weight excluding hydrogens is 402 g/mol. The summed E-state index contributed by atoms with van der Waals surface area (Å²) in [5.41, 5.74) is -0.0861. The molecule has 0 fully saturated rings. The van der Waals surface area contributed by atoms with Gasteiger partial charge >= 0.3 is 5.97 Å². The molecule has 0 spiro atoms. The summed E-state index contributed by atoms with van der Waals surface area (Å²) in [6.07, 6.45) is 0. The minimum atomic E-state index is -4.06. The molecule has 0 aliphatic rings. The number of hydrogen-bond acceptors (Lipinski definition) is 7. The van der Waals surface area contributed by atoms with Crippen molar-refractivity contribution >= 4 is 49.5 Å². The molecule has 0 saturated heterocycles. The average molecular weight is 411 g/mol. The van der Waals surface area contributed by atoms with Crippen LogP contribution < -0.4 is 4.72 Å². The lowest BCUT2D eigenvalue weighted by molar-refractivity contribution is 0.0600. The maximum atomic E-state index is 12.3. The van der Waals surface area contributed by atoms with Gasteiger partial charge in [-0.25, -0.2) is 17.9 Å². The van der Waals surface area contributed by atoms with Gasteiger partial charge in [0.1, 0.15) is 4.90 Å². The quantitative estimate of drug-likeness (QED) is 0.770.